The van der Waals surface area contributed by atoms with Crippen molar-refractivity contribution in [1.82, 2.24) is 4.90 Å². The van der Waals surface area contributed by atoms with Crippen LogP contribution in [0, 0.1) is 6.92 Å². The molecule has 1 aromatic rings. The fraction of sp³-hybridized carbons (Fsp3) is 0.650. The van der Waals surface area contributed by atoms with E-state index in [0.29, 0.717) is 38.8 Å². The summed E-state index contributed by atoms with van der Waals surface area (Å²) in [6.07, 6.45) is 5.83. The van der Waals surface area contributed by atoms with Gasteiger partial charge in [-0.05, 0) is 44.6 Å². The minimum atomic E-state index is -0.687. The van der Waals surface area contributed by atoms with Gasteiger partial charge in [0.1, 0.15) is 0 Å². The Labute approximate surface area is 144 Å². The zero-order valence-corrected chi connectivity index (χ0v) is 14.7. The molecule has 1 N–H and O–H groups in total. The standard InChI is InChI=1S/C20H29NO3/c1-16-5-7-17(8-6-16)15-20(23)9-11-21(12-10-20)19(22)14-18-4-2-3-13-24-18/h5-8,18,23H,2-4,9-15H2,1H3. The number of aliphatic hydroxyl groups is 1. The normalized spacial score (nSPS) is 23.9. The molecule has 0 spiro atoms. The van der Waals surface area contributed by atoms with Gasteiger partial charge in [0.2, 0.25) is 5.91 Å². The van der Waals surface area contributed by atoms with E-state index in [1.165, 1.54) is 11.1 Å². The zero-order chi connectivity index (χ0) is 17.0. The molecule has 4 nitrogen and oxygen atoms in total. The number of piperidine rings is 1. The van der Waals surface area contributed by atoms with E-state index < -0.39 is 5.60 Å². The van der Waals surface area contributed by atoms with Gasteiger partial charge in [0.15, 0.2) is 0 Å². The number of rotatable bonds is 4. The lowest BCUT2D eigenvalue weighted by molar-refractivity contribution is -0.139. The summed E-state index contributed by atoms with van der Waals surface area (Å²) in [4.78, 5) is 14.3. The van der Waals surface area contributed by atoms with Crippen molar-refractivity contribution in [2.24, 2.45) is 0 Å². The Morgan fingerprint density at radius 2 is 1.96 bits per heavy atom. The van der Waals surface area contributed by atoms with Gasteiger partial charge in [0, 0.05) is 26.1 Å². The number of amides is 1. The fourth-order valence-electron chi connectivity index (χ4n) is 3.73. The second kappa shape index (κ2) is 7.66. The Morgan fingerprint density at radius 3 is 2.58 bits per heavy atom. The van der Waals surface area contributed by atoms with Crippen LogP contribution in [0.3, 0.4) is 0 Å². The Kier molecular flexibility index (Phi) is 5.57. The molecule has 2 aliphatic heterocycles. The Balaban J connectivity index is 1.48. The molecule has 2 fully saturated rings. The summed E-state index contributed by atoms with van der Waals surface area (Å²) in [5, 5.41) is 10.9. The van der Waals surface area contributed by atoms with Crippen LogP contribution in [0.4, 0.5) is 0 Å². The average Bonchev–Trinajstić information content (AvgIpc) is 2.58. The molecule has 1 amide bonds. The Morgan fingerprint density at radius 1 is 1.25 bits per heavy atom. The molecule has 2 aliphatic rings. The molecule has 24 heavy (non-hydrogen) atoms. The summed E-state index contributed by atoms with van der Waals surface area (Å²) in [7, 11) is 0. The summed E-state index contributed by atoms with van der Waals surface area (Å²) in [6, 6.07) is 8.35. The molecule has 1 unspecified atom stereocenters. The van der Waals surface area contributed by atoms with Gasteiger partial charge >= 0.3 is 0 Å². The van der Waals surface area contributed by atoms with Gasteiger partial charge in [-0.15, -0.1) is 0 Å². The highest BCUT2D eigenvalue weighted by molar-refractivity contribution is 5.76. The van der Waals surface area contributed by atoms with E-state index in [-0.39, 0.29) is 12.0 Å². The predicted molar refractivity (Wildman–Crippen MR) is 93.9 cm³/mol. The molecule has 132 valence electrons. The van der Waals surface area contributed by atoms with Gasteiger partial charge in [-0.1, -0.05) is 29.8 Å². The topological polar surface area (TPSA) is 49.8 Å². The first kappa shape index (κ1) is 17.4. The number of likely N-dealkylation sites (tertiary alicyclic amines) is 1. The fourth-order valence-corrected chi connectivity index (χ4v) is 3.73. The quantitative estimate of drug-likeness (QED) is 0.923. The minimum absolute atomic E-state index is 0.0969. The van der Waals surface area contributed by atoms with Crippen LogP contribution < -0.4 is 0 Å². The highest BCUT2D eigenvalue weighted by atomic mass is 16.5. The third kappa shape index (κ3) is 4.58. The summed E-state index contributed by atoms with van der Waals surface area (Å²) >= 11 is 0. The van der Waals surface area contributed by atoms with E-state index in [2.05, 4.69) is 31.2 Å². The minimum Gasteiger partial charge on any atom is -0.389 e. The van der Waals surface area contributed by atoms with Crippen molar-refractivity contribution < 1.29 is 14.6 Å². The number of carbonyl (C=O) groups is 1. The number of hydrogen-bond donors (Lipinski definition) is 1. The number of hydrogen-bond acceptors (Lipinski definition) is 3. The Bertz CT molecular complexity index is 541. The molecular formula is C20H29NO3. The Hall–Kier alpha value is -1.39. The molecular weight excluding hydrogens is 302 g/mol. The number of ether oxygens (including phenoxy) is 1. The second-order valence-electron chi connectivity index (χ2n) is 7.46. The smallest absolute Gasteiger partial charge is 0.225 e. The van der Waals surface area contributed by atoms with Crippen LogP contribution in [0.1, 0.15) is 49.7 Å². The van der Waals surface area contributed by atoms with E-state index in [1.807, 2.05) is 4.90 Å². The van der Waals surface area contributed by atoms with Gasteiger partial charge in [0.25, 0.3) is 0 Å². The lowest BCUT2D eigenvalue weighted by atomic mass is 9.85. The summed E-state index contributed by atoms with van der Waals surface area (Å²) in [5.74, 6) is 0.180. The largest absolute Gasteiger partial charge is 0.389 e. The van der Waals surface area contributed by atoms with Crippen molar-refractivity contribution in [3.05, 3.63) is 35.4 Å². The first-order valence-corrected chi connectivity index (χ1v) is 9.21. The molecule has 0 aromatic heterocycles. The van der Waals surface area contributed by atoms with Gasteiger partial charge in [-0.3, -0.25) is 4.79 Å². The van der Waals surface area contributed by atoms with Gasteiger partial charge in [-0.2, -0.15) is 0 Å². The van der Waals surface area contributed by atoms with E-state index in [9.17, 15) is 9.90 Å². The van der Waals surface area contributed by atoms with Crippen molar-refractivity contribution in [2.75, 3.05) is 19.7 Å². The molecule has 0 bridgehead atoms. The first-order chi connectivity index (χ1) is 11.5. The predicted octanol–water partition coefficient (Wildman–Crippen LogP) is 2.85. The monoisotopic (exact) mass is 331 g/mol. The first-order valence-electron chi connectivity index (χ1n) is 9.21. The maximum atomic E-state index is 12.4. The third-order valence-electron chi connectivity index (χ3n) is 5.38. The molecule has 1 atom stereocenters. The molecule has 0 aliphatic carbocycles. The second-order valence-corrected chi connectivity index (χ2v) is 7.46. The van der Waals surface area contributed by atoms with Gasteiger partial charge in [-0.25, -0.2) is 0 Å². The number of carbonyl (C=O) groups excluding carboxylic acids is 1. The van der Waals surface area contributed by atoms with Crippen molar-refractivity contribution in [3.63, 3.8) is 0 Å². The van der Waals surface area contributed by atoms with E-state index in [1.54, 1.807) is 0 Å². The lowest BCUT2D eigenvalue weighted by Gasteiger charge is -2.39. The van der Waals surface area contributed by atoms with Crippen LogP contribution in [-0.4, -0.2) is 47.3 Å². The zero-order valence-electron chi connectivity index (χ0n) is 14.7. The van der Waals surface area contributed by atoms with Crippen LogP contribution in [0.5, 0.6) is 0 Å². The van der Waals surface area contributed by atoms with Crippen molar-refractivity contribution in [3.8, 4) is 0 Å². The van der Waals surface area contributed by atoms with Crippen molar-refractivity contribution in [2.45, 2.75) is 63.6 Å². The number of aryl methyl sites for hydroxylation is 1. The summed E-state index contributed by atoms with van der Waals surface area (Å²) < 4.78 is 5.67. The van der Waals surface area contributed by atoms with E-state index >= 15 is 0 Å². The van der Waals surface area contributed by atoms with E-state index in [4.69, 9.17) is 4.74 Å². The summed E-state index contributed by atoms with van der Waals surface area (Å²) in [5.41, 5.74) is 1.71. The van der Waals surface area contributed by atoms with Crippen LogP contribution >= 0.6 is 0 Å². The maximum absolute atomic E-state index is 12.4. The SMILES string of the molecule is Cc1ccc(CC2(O)CCN(C(=O)CC3CCCCO3)CC2)cc1. The van der Waals surface area contributed by atoms with E-state index in [0.717, 1.165) is 25.9 Å². The van der Waals surface area contributed by atoms with Gasteiger partial charge < -0.3 is 14.7 Å². The molecule has 4 heteroatoms. The number of benzene rings is 1. The molecule has 0 saturated carbocycles. The summed E-state index contributed by atoms with van der Waals surface area (Å²) in [6.45, 7) is 4.15. The van der Waals surface area contributed by atoms with Crippen LogP contribution in [0.2, 0.25) is 0 Å². The highest BCUT2D eigenvalue weighted by Crippen LogP contribution is 2.27. The lowest BCUT2D eigenvalue weighted by Crippen LogP contribution is -2.48. The van der Waals surface area contributed by atoms with Crippen molar-refractivity contribution in [1.29, 1.82) is 0 Å². The average molecular weight is 331 g/mol. The highest BCUT2D eigenvalue weighted by Gasteiger charge is 2.34. The van der Waals surface area contributed by atoms with Crippen LogP contribution in [0.15, 0.2) is 24.3 Å². The van der Waals surface area contributed by atoms with Crippen LogP contribution in [-0.2, 0) is 16.0 Å². The maximum Gasteiger partial charge on any atom is 0.225 e. The van der Waals surface area contributed by atoms with Crippen LogP contribution in [0.25, 0.3) is 0 Å². The molecule has 1 aromatic carbocycles. The molecule has 2 saturated heterocycles. The van der Waals surface area contributed by atoms with Gasteiger partial charge in [0.05, 0.1) is 18.1 Å². The third-order valence-corrected chi connectivity index (χ3v) is 5.38. The number of nitrogens with zero attached hydrogens (tertiary/aromatic N) is 1. The molecule has 2 heterocycles. The molecule has 3 rings (SSSR count). The van der Waals surface area contributed by atoms with Crippen molar-refractivity contribution >= 4 is 5.91 Å². The molecule has 0 radical (unpaired) electrons.